The molecule has 2 aliphatic rings. The molecular formula is C17H22FNO4S2. The zero-order chi connectivity index (χ0) is 18.2. The second-order valence-corrected chi connectivity index (χ2v) is 11.0. The van der Waals surface area contributed by atoms with Crippen LogP contribution in [-0.2, 0) is 25.8 Å². The third-order valence-corrected chi connectivity index (χ3v) is 8.80. The van der Waals surface area contributed by atoms with Gasteiger partial charge in [0.2, 0.25) is 5.91 Å². The Labute approximate surface area is 150 Å². The minimum Gasteiger partial charge on any atom is -0.616 e. The lowest BCUT2D eigenvalue weighted by atomic mass is 9.83. The van der Waals surface area contributed by atoms with Gasteiger partial charge in [-0.1, -0.05) is 18.1 Å². The molecule has 0 spiro atoms. The molecule has 2 saturated heterocycles. The van der Waals surface area contributed by atoms with E-state index in [1.54, 1.807) is 4.90 Å². The van der Waals surface area contributed by atoms with Gasteiger partial charge >= 0.3 is 0 Å². The maximum absolute atomic E-state index is 13.0. The van der Waals surface area contributed by atoms with Crippen LogP contribution in [0.25, 0.3) is 0 Å². The summed E-state index contributed by atoms with van der Waals surface area (Å²) in [6.45, 7) is 2.45. The van der Waals surface area contributed by atoms with Gasteiger partial charge in [-0.15, -0.1) is 0 Å². The van der Waals surface area contributed by atoms with E-state index in [9.17, 15) is 22.2 Å². The van der Waals surface area contributed by atoms with Crippen molar-refractivity contribution in [2.45, 2.75) is 36.3 Å². The standard InChI is InChI=1S/C17H22FNO4S2/c1-17(7-10-24(21)11-8-17)16(20)19-9-6-15(12-19)25(22,23)14-4-2-13(18)3-5-14/h2-5,15H,6-12H2,1H3. The van der Waals surface area contributed by atoms with Crippen molar-refractivity contribution in [1.29, 1.82) is 0 Å². The highest BCUT2D eigenvalue weighted by Gasteiger charge is 2.45. The van der Waals surface area contributed by atoms with Crippen LogP contribution >= 0.6 is 0 Å². The zero-order valence-electron chi connectivity index (χ0n) is 14.1. The summed E-state index contributed by atoms with van der Waals surface area (Å²) in [5, 5.41) is -0.664. The first kappa shape index (κ1) is 18.7. The van der Waals surface area contributed by atoms with E-state index in [2.05, 4.69) is 0 Å². The van der Waals surface area contributed by atoms with Crippen molar-refractivity contribution in [2.75, 3.05) is 24.6 Å². The van der Waals surface area contributed by atoms with E-state index >= 15 is 0 Å². The second kappa shape index (κ2) is 6.89. The number of likely N-dealkylation sites (tertiary alicyclic amines) is 1. The van der Waals surface area contributed by atoms with Crippen molar-refractivity contribution in [3.05, 3.63) is 30.1 Å². The summed E-state index contributed by atoms with van der Waals surface area (Å²) in [5.74, 6) is 0.520. The van der Waals surface area contributed by atoms with Crippen molar-refractivity contribution in [2.24, 2.45) is 5.41 Å². The van der Waals surface area contributed by atoms with Gasteiger partial charge in [-0.25, -0.2) is 12.8 Å². The lowest BCUT2D eigenvalue weighted by Crippen LogP contribution is -2.46. The Bertz CT molecular complexity index is 742. The van der Waals surface area contributed by atoms with Crippen LogP contribution in [0.1, 0.15) is 26.2 Å². The molecule has 2 heterocycles. The molecule has 3 rings (SSSR count). The van der Waals surface area contributed by atoms with Crippen LogP contribution in [0.4, 0.5) is 4.39 Å². The Balaban J connectivity index is 1.71. The fraction of sp³-hybridized carbons (Fsp3) is 0.588. The van der Waals surface area contributed by atoms with Crippen molar-refractivity contribution >= 4 is 26.9 Å². The largest absolute Gasteiger partial charge is 0.616 e. The van der Waals surface area contributed by atoms with Gasteiger partial charge in [0.25, 0.3) is 0 Å². The Morgan fingerprint density at radius 2 is 1.88 bits per heavy atom. The molecule has 0 bridgehead atoms. The van der Waals surface area contributed by atoms with Crippen molar-refractivity contribution in [1.82, 2.24) is 4.90 Å². The Kier molecular flexibility index (Phi) is 5.14. The average molecular weight is 387 g/mol. The van der Waals surface area contributed by atoms with Crippen LogP contribution in [0.2, 0.25) is 0 Å². The van der Waals surface area contributed by atoms with Crippen molar-refractivity contribution in [3.63, 3.8) is 0 Å². The first-order chi connectivity index (χ1) is 11.7. The third-order valence-electron chi connectivity index (χ3n) is 5.29. The molecule has 1 unspecified atom stereocenters. The van der Waals surface area contributed by atoms with Gasteiger partial charge in [0, 0.05) is 25.9 Å². The number of benzene rings is 1. The summed E-state index contributed by atoms with van der Waals surface area (Å²) in [6, 6.07) is 4.81. The number of carbonyl (C=O) groups excluding carboxylic acids is 1. The quantitative estimate of drug-likeness (QED) is 0.585. The molecule has 0 aliphatic carbocycles. The number of halogens is 1. The van der Waals surface area contributed by atoms with Crippen LogP contribution in [0.5, 0.6) is 0 Å². The second-order valence-electron chi connectivity index (χ2n) is 7.07. The van der Waals surface area contributed by atoms with E-state index in [-0.39, 0.29) is 17.3 Å². The van der Waals surface area contributed by atoms with E-state index in [0.717, 1.165) is 12.1 Å². The molecule has 1 aromatic carbocycles. The van der Waals surface area contributed by atoms with Gasteiger partial charge in [0.1, 0.15) is 17.3 Å². The molecule has 5 nitrogen and oxygen atoms in total. The lowest BCUT2D eigenvalue weighted by Gasteiger charge is -2.35. The minimum atomic E-state index is -3.59. The van der Waals surface area contributed by atoms with E-state index in [1.807, 2.05) is 6.92 Å². The van der Waals surface area contributed by atoms with Gasteiger partial charge in [-0.05, 0) is 30.7 Å². The highest BCUT2D eigenvalue weighted by molar-refractivity contribution is 7.92. The Hall–Kier alpha value is -1.12. The smallest absolute Gasteiger partial charge is 0.228 e. The number of carbonyl (C=O) groups is 1. The summed E-state index contributed by atoms with van der Waals surface area (Å²) in [5.41, 5.74) is -0.553. The number of rotatable bonds is 3. The molecule has 0 N–H and O–H groups in total. The van der Waals surface area contributed by atoms with Crippen LogP contribution in [-0.4, -0.2) is 53.6 Å². The summed E-state index contributed by atoms with van der Waals surface area (Å²) < 4.78 is 50.0. The number of hydrogen-bond acceptors (Lipinski definition) is 4. The molecule has 25 heavy (non-hydrogen) atoms. The summed E-state index contributed by atoms with van der Waals surface area (Å²) in [7, 11) is -3.59. The Morgan fingerprint density at radius 1 is 1.28 bits per heavy atom. The topological polar surface area (TPSA) is 77.5 Å². The third kappa shape index (κ3) is 3.71. The van der Waals surface area contributed by atoms with Gasteiger partial charge in [-0.2, -0.15) is 0 Å². The van der Waals surface area contributed by atoms with Gasteiger partial charge in [0.05, 0.1) is 15.6 Å². The number of nitrogens with zero attached hydrogens (tertiary/aromatic N) is 1. The van der Waals surface area contributed by atoms with Crippen molar-refractivity contribution in [3.8, 4) is 0 Å². The SMILES string of the molecule is CC1(C(=O)N2CCC(S(=O)(=O)c3ccc(F)cc3)C2)CC[S+]([O-])CC1. The lowest BCUT2D eigenvalue weighted by molar-refractivity contribution is -0.140. The molecule has 1 atom stereocenters. The monoisotopic (exact) mass is 387 g/mol. The number of sulfone groups is 1. The first-order valence-corrected chi connectivity index (χ1v) is 11.4. The fourth-order valence-electron chi connectivity index (χ4n) is 3.48. The summed E-state index contributed by atoms with van der Waals surface area (Å²) in [4.78, 5) is 14.6. The molecule has 0 radical (unpaired) electrons. The molecule has 1 amide bonds. The number of hydrogen-bond donors (Lipinski definition) is 0. The summed E-state index contributed by atoms with van der Waals surface area (Å²) in [6.07, 6.45) is 1.53. The van der Waals surface area contributed by atoms with E-state index < -0.39 is 37.5 Å². The van der Waals surface area contributed by atoms with Gasteiger partial charge in [0.15, 0.2) is 9.84 Å². The molecule has 0 aromatic heterocycles. The summed E-state index contributed by atoms with van der Waals surface area (Å²) >= 11 is -0.850. The molecule has 2 fully saturated rings. The zero-order valence-corrected chi connectivity index (χ0v) is 15.7. The maximum Gasteiger partial charge on any atom is 0.228 e. The highest BCUT2D eigenvalue weighted by Crippen LogP contribution is 2.36. The first-order valence-electron chi connectivity index (χ1n) is 8.36. The maximum atomic E-state index is 13.0. The molecule has 0 saturated carbocycles. The predicted octanol–water partition coefficient (Wildman–Crippen LogP) is 1.75. The number of amides is 1. The van der Waals surface area contributed by atoms with E-state index in [1.165, 1.54) is 12.1 Å². The van der Waals surface area contributed by atoms with Crippen molar-refractivity contribution < 1.29 is 22.2 Å². The Morgan fingerprint density at radius 3 is 2.48 bits per heavy atom. The van der Waals surface area contributed by atoms with Crippen LogP contribution < -0.4 is 0 Å². The van der Waals surface area contributed by atoms with Gasteiger partial charge < -0.3 is 9.45 Å². The molecule has 1 aromatic rings. The molecular weight excluding hydrogens is 365 g/mol. The molecule has 138 valence electrons. The molecule has 8 heteroatoms. The average Bonchev–Trinajstić information content (AvgIpc) is 3.08. The van der Waals surface area contributed by atoms with E-state index in [4.69, 9.17) is 0 Å². The van der Waals surface area contributed by atoms with Crippen LogP contribution in [0.3, 0.4) is 0 Å². The van der Waals surface area contributed by atoms with Crippen LogP contribution in [0.15, 0.2) is 29.2 Å². The normalized spacial score (nSPS) is 30.4. The van der Waals surface area contributed by atoms with Gasteiger partial charge in [-0.3, -0.25) is 4.79 Å². The fourth-order valence-corrected chi connectivity index (χ4v) is 6.74. The highest BCUT2D eigenvalue weighted by atomic mass is 32.2. The van der Waals surface area contributed by atoms with Crippen LogP contribution in [0, 0.1) is 11.2 Å². The minimum absolute atomic E-state index is 0.0407. The molecule has 2 aliphatic heterocycles. The predicted molar refractivity (Wildman–Crippen MR) is 93.8 cm³/mol. The van der Waals surface area contributed by atoms with E-state index in [0.29, 0.717) is 37.3 Å².